The fourth-order valence-electron chi connectivity index (χ4n) is 2.19. The number of amidine groups is 1. The molecule has 1 aromatic carbocycles. The summed E-state index contributed by atoms with van der Waals surface area (Å²) < 4.78 is 5.80. The third-order valence-electron chi connectivity index (χ3n) is 3.74. The number of carbonyl (C=O) groups excluding carboxylic acids is 1. The van der Waals surface area contributed by atoms with E-state index >= 15 is 0 Å². The lowest BCUT2D eigenvalue weighted by atomic mass is 9.95. The van der Waals surface area contributed by atoms with Crippen molar-refractivity contribution in [3.8, 4) is 11.3 Å². The van der Waals surface area contributed by atoms with Crippen molar-refractivity contribution in [3.63, 3.8) is 0 Å². The summed E-state index contributed by atoms with van der Waals surface area (Å²) in [4.78, 5) is 17.0. The zero-order valence-corrected chi connectivity index (χ0v) is 16.0. The van der Waals surface area contributed by atoms with E-state index in [9.17, 15) is 9.90 Å². The van der Waals surface area contributed by atoms with Gasteiger partial charge in [0.25, 0.3) is 5.91 Å². The van der Waals surface area contributed by atoms with Crippen molar-refractivity contribution < 1.29 is 14.3 Å². The van der Waals surface area contributed by atoms with E-state index in [2.05, 4.69) is 10.3 Å². The van der Waals surface area contributed by atoms with Gasteiger partial charge in [-0.3, -0.25) is 9.79 Å². The van der Waals surface area contributed by atoms with E-state index in [4.69, 9.17) is 16.0 Å². The molecule has 0 unspecified atom stereocenters. The predicted molar refractivity (Wildman–Crippen MR) is 106 cm³/mol. The topological polar surface area (TPSA) is 74.8 Å². The van der Waals surface area contributed by atoms with Gasteiger partial charge in [0.1, 0.15) is 11.5 Å². The Labute approximate surface area is 161 Å². The molecule has 1 saturated heterocycles. The molecule has 0 radical (unpaired) electrons. The number of nitrogens with one attached hydrogen (secondary N) is 1. The van der Waals surface area contributed by atoms with Crippen molar-refractivity contribution >= 4 is 40.5 Å². The molecule has 0 spiro atoms. The van der Waals surface area contributed by atoms with Crippen molar-refractivity contribution in [3.05, 3.63) is 52.1 Å². The Kier molecular flexibility index (Phi) is 5.55. The van der Waals surface area contributed by atoms with Crippen LogP contribution in [-0.2, 0) is 4.79 Å². The normalized spacial score (nSPS) is 17.9. The van der Waals surface area contributed by atoms with Gasteiger partial charge in [-0.25, -0.2) is 0 Å². The molecule has 1 aliphatic heterocycles. The number of aliphatic imine (C=N–C) groups is 1. The Morgan fingerprint density at radius 3 is 2.88 bits per heavy atom. The minimum absolute atomic E-state index is 0.0315. The summed E-state index contributed by atoms with van der Waals surface area (Å²) >= 11 is 7.27. The highest BCUT2D eigenvalue weighted by molar-refractivity contribution is 8.18. The number of aliphatic hydroxyl groups is 1. The van der Waals surface area contributed by atoms with E-state index in [0.29, 0.717) is 33.2 Å². The second kappa shape index (κ2) is 7.70. The van der Waals surface area contributed by atoms with Crippen LogP contribution in [-0.4, -0.2) is 29.3 Å². The third kappa shape index (κ3) is 4.58. The largest absolute Gasteiger partial charge is 0.457 e. The van der Waals surface area contributed by atoms with Gasteiger partial charge in [0.05, 0.1) is 4.91 Å². The fraction of sp³-hybridized carbons (Fsp3) is 0.263. The maximum atomic E-state index is 12.1. The second-order valence-electron chi connectivity index (χ2n) is 6.72. The Hall–Kier alpha value is -2.02. The smallest absolute Gasteiger partial charge is 0.264 e. The lowest BCUT2D eigenvalue weighted by Crippen LogP contribution is -2.24. The highest BCUT2D eigenvalue weighted by Crippen LogP contribution is 2.30. The maximum absolute atomic E-state index is 12.1. The van der Waals surface area contributed by atoms with Crippen LogP contribution in [0.25, 0.3) is 17.4 Å². The van der Waals surface area contributed by atoms with Crippen molar-refractivity contribution in [2.45, 2.75) is 13.8 Å². The molecule has 136 valence electrons. The maximum Gasteiger partial charge on any atom is 0.264 e. The van der Waals surface area contributed by atoms with E-state index < -0.39 is 0 Å². The Morgan fingerprint density at radius 2 is 2.15 bits per heavy atom. The molecule has 1 amide bonds. The molecule has 3 rings (SSSR count). The molecule has 0 atom stereocenters. The summed E-state index contributed by atoms with van der Waals surface area (Å²) in [6.07, 6.45) is 1.69. The van der Waals surface area contributed by atoms with Gasteiger partial charge in [-0.05, 0) is 36.0 Å². The molecule has 0 saturated carbocycles. The first-order valence-electron chi connectivity index (χ1n) is 8.08. The monoisotopic (exact) mass is 390 g/mol. The quantitative estimate of drug-likeness (QED) is 0.751. The number of carbonyl (C=O) groups is 1. The number of benzene rings is 1. The van der Waals surface area contributed by atoms with Crippen molar-refractivity contribution in [2.75, 3.05) is 13.2 Å². The summed E-state index contributed by atoms with van der Waals surface area (Å²) in [5, 5.41) is 13.2. The highest BCUT2D eigenvalue weighted by atomic mass is 35.5. The molecule has 1 aromatic heterocycles. The van der Waals surface area contributed by atoms with Crippen LogP contribution in [0.3, 0.4) is 0 Å². The van der Waals surface area contributed by atoms with Gasteiger partial charge in [-0.15, -0.1) is 0 Å². The van der Waals surface area contributed by atoms with Crippen LogP contribution >= 0.6 is 23.4 Å². The molecule has 7 heteroatoms. The second-order valence-corrected chi connectivity index (χ2v) is 8.19. The van der Waals surface area contributed by atoms with Gasteiger partial charge in [-0.2, -0.15) is 0 Å². The molecule has 1 fully saturated rings. The van der Waals surface area contributed by atoms with Gasteiger partial charge in [-0.1, -0.05) is 37.6 Å². The van der Waals surface area contributed by atoms with E-state index in [1.165, 1.54) is 11.8 Å². The Bertz CT molecular complexity index is 886. The van der Waals surface area contributed by atoms with Crippen molar-refractivity contribution in [1.29, 1.82) is 0 Å². The van der Waals surface area contributed by atoms with Crippen LogP contribution < -0.4 is 5.32 Å². The zero-order valence-electron chi connectivity index (χ0n) is 14.5. The van der Waals surface area contributed by atoms with E-state index in [0.717, 1.165) is 5.56 Å². The van der Waals surface area contributed by atoms with Gasteiger partial charge >= 0.3 is 0 Å². The van der Waals surface area contributed by atoms with Gasteiger partial charge < -0.3 is 14.8 Å². The number of furan rings is 1. The standard InChI is InChI=1S/C19H19ClN2O3S/c1-19(2,11-23)10-21-18-22-17(24)16(26-18)9-14-6-7-15(25-14)12-4-3-5-13(20)8-12/h3-9,23H,10-11H2,1-2H3,(H,21,22,24)/b16-9-. The number of hydrogen-bond donors (Lipinski definition) is 2. The highest BCUT2D eigenvalue weighted by Gasteiger charge is 2.25. The van der Waals surface area contributed by atoms with Crippen molar-refractivity contribution in [1.82, 2.24) is 5.32 Å². The molecule has 26 heavy (non-hydrogen) atoms. The van der Waals surface area contributed by atoms with Crippen LogP contribution in [0.5, 0.6) is 0 Å². The SMILES string of the molecule is CC(C)(CO)CN=C1NC(=O)/C(=C/c2ccc(-c3cccc(Cl)c3)o2)S1. The lowest BCUT2D eigenvalue weighted by Gasteiger charge is -2.18. The van der Waals surface area contributed by atoms with Gasteiger partial charge in [0, 0.05) is 35.2 Å². The summed E-state index contributed by atoms with van der Waals surface area (Å²) in [6, 6.07) is 11.0. The summed E-state index contributed by atoms with van der Waals surface area (Å²) in [7, 11) is 0. The number of nitrogens with zero attached hydrogens (tertiary/aromatic N) is 1. The first kappa shape index (κ1) is 18.8. The van der Waals surface area contributed by atoms with Crippen LogP contribution in [0.15, 0.2) is 50.7 Å². The van der Waals surface area contributed by atoms with Crippen LogP contribution in [0.4, 0.5) is 0 Å². The van der Waals surface area contributed by atoms with E-state index in [-0.39, 0.29) is 17.9 Å². The minimum atomic E-state index is -0.322. The fourth-order valence-corrected chi connectivity index (χ4v) is 3.18. The molecule has 2 heterocycles. The molecule has 1 aliphatic rings. The third-order valence-corrected chi connectivity index (χ3v) is 4.92. The average Bonchev–Trinajstić information content (AvgIpc) is 3.21. The number of aliphatic hydroxyl groups excluding tert-OH is 1. The van der Waals surface area contributed by atoms with Gasteiger partial charge in [0.15, 0.2) is 5.17 Å². The van der Waals surface area contributed by atoms with Gasteiger partial charge in [0.2, 0.25) is 0 Å². The molecule has 0 aliphatic carbocycles. The summed E-state index contributed by atoms with van der Waals surface area (Å²) in [5.74, 6) is 1.05. The average molecular weight is 391 g/mol. The van der Waals surface area contributed by atoms with E-state index in [1.807, 2.05) is 38.1 Å². The number of amides is 1. The van der Waals surface area contributed by atoms with E-state index in [1.54, 1.807) is 18.2 Å². The first-order chi connectivity index (χ1) is 12.4. The minimum Gasteiger partial charge on any atom is -0.457 e. The van der Waals surface area contributed by atoms with Crippen LogP contribution in [0, 0.1) is 5.41 Å². The predicted octanol–water partition coefficient (Wildman–Crippen LogP) is 4.18. The van der Waals surface area contributed by atoms with Crippen LogP contribution in [0.2, 0.25) is 5.02 Å². The summed E-state index contributed by atoms with van der Waals surface area (Å²) in [6.45, 7) is 4.29. The zero-order chi connectivity index (χ0) is 18.7. The molecule has 2 N–H and O–H groups in total. The molecule has 5 nitrogen and oxygen atoms in total. The Morgan fingerprint density at radius 1 is 1.35 bits per heavy atom. The first-order valence-corrected chi connectivity index (χ1v) is 9.28. The molecule has 2 aromatic rings. The summed E-state index contributed by atoms with van der Waals surface area (Å²) in [5.41, 5.74) is 0.552. The number of thioether (sulfide) groups is 1. The lowest BCUT2D eigenvalue weighted by molar-refractivity contribution is -0.115. The van der Waals surface area contributed by atoms with Crippen LogP contribution in [0.1, 0.15) is 19.6 Å². The molecular weight excluding hydrogens is 372 g/mol. The number of halogens is 1. The number of rotatable bonds is 5. The number of hydrogen-bond acceptors (Lipinski definition) is 5. The Balaban J connectivity index is 1.74. The molecular formula is C19H19ClN2O3S. The molecule has 0 bridgehead atoms. The van der Waals surface area contributed by atoms with Crippen molar-refractivity contribution in [2.24, 2.45) is 10.4 Å².